The topological polar surface area (TPSA) is 92.2 Å². The highest BCUT2D eigenvalue weighted by Crippen LogP contribution is 2.29. The number of aromatic amines is 1. The lowest BCUT2D eigenvalue weighted by atomic mass is 9.98. The Kier molecular flexibility index (Phi) is 3.94. The van der Waals surface area contributed by atoms with Gasteiger partial charge < -0.3 is 14.5 Å². The van der Waals surface area contributed by atoms with E-state index < -0.39 is 5.97 Å². The van der Waals surface area contributed by atoms with Crippen LogP contribution in [0.5, 0.6) is 5.75 Å². The normalized spacial score (nSPS) is 10.2. The van der Waals surface area contributed by atoms with Gasteiger partial charge in [0.2, 0.25) is 0 Å². The standard InChI is InChI=1S/C15H14N2O4/c1-8-9(6-13(18)21-3)15(19)17-11-4-5-12(20-2)10(7-16)14(8)11/h4-5H,6H2,1-3H3,(H,17,19). The van der Waals surface area contributed by atoms with Gasteiger partial charge in [0, 0.05) is 10.9 Å². The van der Waals surface area contributed by atoms with Crippen LogP contribution in [0.2, 0.25) is 0 Å². The fourth-order valence-corrected chi connectivity index (χ4v) is 2.31. The first kappa shape index (κ1) is 14.6. The molecule has 0 saturated heterocycles. The van der Waals surface area contributed by atoms with Gasteiger partial charge >= 0.3 is 5.97 Å². The first-order valence-electron chi connectivity index (χ1n) is 6.22. The third kappa shape index (κ3) is 2.46. The van der Waals surface area contributed by atoms with Gasteiger partial charge in [0.15, 0.2) is 0 Å². The maximum Gasteiger partial charge on any atom is 0.310 e. The van der Waals surface area contributed by atoms with Gasteiger partial charge in [-0.05, 0) is 24.6 Å². The number of nitrogens with one attached hydrogen (secondary N) is 1. The monoisotopic (exact) mass is 286 g/mol. The number of fused-ring (bicyclic) bond motifs is 1. The first-order chi connectivity index (χ1) is 10.0. The number of nitrogens with zero attached hydrogens (tertiary/aromatic N) is 1. The summed E-state index contributed by atoms with van der Waals surface area (Å²) < 4.78 is 9.76. The molecule has 0 saturated carbocycles. The van der Waals surface area contributed by atoms with E-state index in [0.29, 0.717) is 33.3 Å². The Morgan fingerprint density at radius 1 is 1.38 bits per heavy atom. The molecular formula is C15H14N2O4. The quantitative estimate of drug-likeness (QED) is 0.862. The predicted molar refractivity (Wildman–Crippen MR) is 76.3 cm³/mol. The van der Waals surface area contributed by atoms with E-state index in [1.54, 1.807) is 19.1 Å². The molecule has 0 unspecified atom stereocenters. The molecule has 0 bridgehead atoms. The van der Waals surface area contributed by atoms with E-state index in [2.05, 4.69) is 15.8 Å². The summed E-state index contributed by atoms with van der Waals surface area (Å²) >= 11 is 0. The lowest BCUT2D eigenvalue weighted by molar-refractivity contribution is -0.139. The summed E-state index contributed by atoms with van der Waals surface area (Å²) in [7, 11) is 2.73. The van der Waals surface area contributed by atoms with Crippen molar-refractivity contribution in [2.45, 2.75) is 13.3 Å². The van der Waals surface area contributed by atoms with Crippen LogP contribution in [0.4, 0.5) is 0 Å². The number of nitriles is 1. The number of carbonyl (C=O) groups excluding carboxylic acids is 1. The number of H-pyrrole nitrogens is 1. The number of hydrogen-bond acceptors (Lipinski definition) is 5. The van der Waals surface area contributed by atoms with Crippen LogP contribution in [-0.2, 0) is 16.0 Å². The van der Waals surface area contributed by atoms with Crippen LogP contribution < -0.4 is 10.3 Å². The summed E-state index contributed by atoms with van der Waals surface area (Å²) in [6, 6.07) is 5.37. The Bertz CT molecular complexity index is 815. The smallest absolute Gasteiger partial charge is 0.310 e. The van der Waals surface area contributed by atoms with Gasteiger partial charge in [0.25, 0.3) is 5.56 Å². The molecule has 0 aliphatic carbocycles. The lowest BCUT2D eigenvalue weighted by Crippen LogP contribution is -2.19. The van der Waals surface area contributed by atoms with E-state index in [4.69, 9.17) is 4.74 Å². The van der Waals surface area contributed by atoms with Crippen molar-refractivity contribution in [3.8, 4) is 11.8 Å². The number of hydrogen-bond donors (Lipinski definition) is 1. The molecule has 1 aromatic heterocycles. The number of pyridine rings is 1. The SMILES string of the molecule is COC(=O)Cc1c(C)c2c(C#N)c(OC)ccc2[nH]c1=O. The Labute approximate surface area is 120 Å². The molecule has 0 amide bonds. The van der Waals surface area contributed by atoms with Gasteiger partial charge in [0.05, 0.1) is 26.2 Å². The second-order valence-corrected chi connectivity index (χ2v) is 4.49. The van der Waals surface area contributed by atoms with Gasteiger partial charge in [-0.1, -0.05) is 0 Å². The fourth-order valence-electron chi connectivity index (χ4n) is 2.31. The number of rotatable bonds is 3. The molecule has 108 valence electrons. The van der Waals surface area contributed by atoms with Gasteiger partial charge in [-0.25, -0.2) is 0 Å². The van der Waals surface area contributed by atoms with Crippen molar-refractivity contribution in [2.75, 3.05) is 14.2 Å². The summed E-state index contributed by atoms with van der Waals surface area (Å²) in [5.74, 6) is -0.0893. The number of esters is 1. The number of carbonyl (C=O) groups is 1. The maximum absolute atomic E-state index is 12.1. The zero-order chi connectivity index (χ0) is 15.6. The minimum atomic E-state index is -0.510. The summed E-state index contributed by atoms with van der Waals surface area (Å²) in [6.45, 7) is 1.70. The molecule has 1 N–H and O–H groups in total. The van der Waals surface area contributed by atoms with Gasteiger partial charge in [-0.3, -0.25) is 9.59 Å². The Hall–Kier alpha value is -2.81. The predicted octanol–water partition coefficient (Wildman–Crippen LogP) is 1.43. The van der Waals surface area contributed by atoms with Crippen LogP contribution in [0.15, 0.2) is 16.9 Å². The van der Waals surface area contributed by atoms with E-state index in [0.717, 1.165) is 0 Å². The molecule has 0 atom stereocenters. The average Bonchev–Trinajstić information content (AvgIpc) is 2.49. The van der Waals surface area contributed by atoms with E-state index in [1.165, 1.54) is 14.2 Å². The average molecular weight is 286 g/mol. The summed E-state index contributed by atoms with van der Waals surface area (Å²) in [4.78, 5) is 26.2. The first-order valence-corrected chi connectivity index (χ1v) is 6.22. The van der Waals surface area contributed by atoms with Crippen molar-refractivity contribution in [2.24, 2.45) is 0 Å². The molecule has 6 heteroatoms. The Morgan fingerprint density at radius 3 is 2.67 bits per heavy atom. The van der Waals surface area contributed by atoms with Crippen LogP contribution >= 0.6 is 0 Å². The molecule has 0 aliphatic heterocycles. The molecular weight excluding hydrogens is 272 g/mol. The van der Waals surface area contributed by atoms with Crippen molar-refractivity contribution in [1.82, 2.24) is 4.98 Å². The molecule has 6 nitrogen and oxygen atoms in total. The summed E-state index contributed by atoms with van der Waals surface area (Å²) in [6.07, 6.45) is -0.143. The molecule has 2 aromatic rings. The number of benzene rings is 1. The number of aromatic nitrogens is 1. The molecule has 0 radical (unpaired) electrons. The van der Waals surface area contributed by atoms with Crippen molar-refractivity contribution in [3.05, 3.63) is 39.2 Å². The molecule has 2 rings (SSSR count). The highest BCUT2D eigenvalue weighted by atomic mass is 16.5. The minimum absolute atomic E-state index is 0.143. The third-order valence-corrected chi connectivity index (χ3v) is 3.40. The Morgan fingerprint density at radius 2 is 2.10 bits per heavy atom. The van der Waals surface area contributed by atoms with E-state index in [-0.39, 0.29) is 12.0 Å². The minimum Gasteiger partial charge on any atom is -0.495 e. The van der Waals surface area contributed by atoms with Crippen molar-refractivity contribution in [3.63, 3.8) is 0 Å². The van der Waals surface area contributed by atoms with E-state index in [9.17, 15) is 14.9 Å². The summed E-state index contributed by atoms with van der Waals surface area (Å²) in [5.41, 5.74) is 1.37. The Balaban J connectivity index is 2.83. The molecule has 0 spiro atoms. The van der Waals surface area contributed by atoms with Crippen molar-refractivity contribution < 1.29 is 14.3 Å². The number of methoxy groups -OCH3 is 2. The number of aryl methyl sites for hydroxylation is 1. The fraction of sp³-hybridized carbons (Fsp3) is 0.267. The van der Waals surface area contributed by atoms with Crippen LogP contribution in [-0.4, -0.2) is 25.2 Å². The maximum atomic E-state index is 12.1. The number of ether oxygens (including phenoxy) is 2. The van der Waals surface area contributed by atoms with Crippen LogP contribution in [0, 0.1) is 18.3 Å². The molecule has 21 heavy (non-hydrogen) atoms. The highest BCUT2D eigenvalue weighted by molar-refractivity contribution is 5.91. The van der Waals surface area contributed by atoms with Gasteiger partial charge in [-0.15, -0.1) is 0 Å². The van der Waals surface area contributed by atoms with Gasteiger partial charge in [-0.2, -0.15) is 5.26 Å². The zero-order valence-electron chi connectivity index (χ0n) is 11.9. The second-order valence-electron chi connectivity index (χ2n) is 4.49. The largest absolute Gasteiger partial charge is 0.495 e. The van der Waals surface area contributed by atoms with Crippen LogP contribution in [0.25, 0.3) is 10.9 Å². The van der Waals surface area contributed by atoms with Crippen LogP contribution in [0.1, 0.15) is 16.7 Å². The zero-order valence-corrected chi connectivity index (χ0v) is 11.9. The lowest BCUT2D eigenvalue weighted by Gasteiger charge is -2.11. The third-order valence-electron chi connectivity index (χ3n) is 3.40. The van der Waals surface area contributed by atoms with Gasteiger partial charge in [0.1, 0.15) is 17.4 Å². The van der Waals surface area contributed by atoms with Crippen molar-refractivity contribution in [1.29, 1.82) is 5.26 Å². The molecule has 0 fully saturated rings. The van der Waals surface area contributed by atoms with E-state index >= 15 is 0 Å². The van der Waals surface area contributed by atoms with Crippen LogP contribution in [0.3, 0.4) is 0 Å². The second kappa shape index (κ2) is 5.67. The van der Waals surface area contributed by atoms with Crippen molar-refractivity contribution >= 4 is 16.9 Å². The summed E-state index contributed by atoms with van der Waals surface area (Å²) in [5, 5.41) is 9.93. The molecule has 1 heterocycles. The molecule has 1 aromatic carbocycles. The highest BCUT2D eigenvalue weighted by Gasteiger charge is 2.17. The van der Waals surface area contributed by atoms with E-state index in [1.807, 2.05) is 0 Å². The molecule has 0 aliphatic rings.